The van der Waals surface area contributed by atoms with Crippen LogP contribution in [0.3, 0.4) is 0 Å². The van der Waals surface area contributed by atoms with Gasteiger partial charge in [-0.25, -0.2) is 4.98 Å². The first-order chi connectivity index (χ1) is 12.3. The molecule has 2 aromatic heterocycles. The number of hydrogen-bond acceptors (Lipinski definition) is 5. The summed E-state index contributed by atoms with van der Waals surface area (Å²) in [4.78, 5) is 23.1. The third-order valence-electron chi connectivity index (χ3n) is 4.88. The number of hydrogen-bond donors (Lipinski definition) is 0. The molecule has 2 aromatic rings. The molecule has 130 valence electrons. The molecule has 1 amide bonds. The Morgan fingerprint density at radius 1 is 1.16 bits per heavy atom. The van der Waals surface area contributed by atoms with Gasteiger partial charge in [0, 0.05) is 25.0 Å². The Balaban J connectivity index is 1.41. The van der Waals surface area contributed by atoms with Crippen LogP contribution >= 0.6 is 0 Å². The molecule has 0 spiro atoms. The fourth-order valence-corrected chi connectivity index (χ4v) is 3.71. The van der Waals surface area contributed by atoms with Crippen molar-refractivity contribution < 1.29 is 14.3 Å². The van der Waals surface area contributed by atoms with Gasteiger partial charge in [-0.3, -0.25) is 9.78 Å². The Kier molecular flexibility index (Phi) is 4.61. The molecule has 1 aliphatic heterocycles. The summed E-state index contributed by atoms with van der Waals surface area (Å²) >= 11 is 0. The molecule has 25 heavy (non-hydrogen) atoms. The third-order valence-corrected chi connectivity index (χ3v) is 4.88. The van der Waals surface area contributed by atoms with Crippen molar-refractivity contribution in [2.24, 2.45) is 5.92 Å². The molecule has 1 saturated carbocycles. The van der Waals surface area contributed by atoms with Crippen molar-refractivity contribution in [1.82, 2.24) is 14.9 Å². The molecular formula is C19H21N3O3. The first kappa shape index (κ1) is 16.0. The summed E-state index contributed by atoms with van der Waals surface area (Å²) < 4.78 is 11.7. The maximum atomic E-state index is 12.8. The number of carbonyl (C=O) groups is 1. The Bertz CT molecular complexity index is 710. The quantitative estimate of drug-likeness (QED) is 0.854. The van der Waals surface area contributed by atoms with E-state index in [4.69, 9.17) is 9.47 Å². The van der Waals surface area contributed by atoms with Crippen LogP contribution in [-0.2, 0) is 4.74 Å². The lowest BCUT2D eigenvalue weighted by molar-refractivity contribution is -0.0450. The largest absolute Gasteiger partial charge is 0.477 e. The van der Waals surface area contributed by atoms with Crippen LogP contribution in [0.15, 0.2) is 48.8 Å². The SMILES string of the molecule is O=C(c1ccccn1)N1CCO[C@@H]2C[C@H](COc3ccccn3)C[C@@H]21. The van der Waals surface area contributed by atoms with E-state index in [1.165, 1.54) is 0 Å². The number of nitrogens with zero attached hydrogens (tertiary/aromatic N) is 3. The number of fused-ring (bicyclic) bond motifs is 1. The van der Waals surface area contributed by atoms with Crippen molar-refractivity contribution in [3.63, 3.8) is 0 Å². The normalized spacial score (nSPS) is 25.4. The standard InChI is InChI=1S/C19H21N3O3/c23-19(15-5-1-3-7-20-15)22-9-10-24-17-12-14(11-16(17)22)13-25-18-6-2-4-8-21-18/h1-8,14,16-17H,9-13H2/t14-,16+,17-/m1/s1. The minimum atomic E-state index is -0.00908. The zero-order chi connectivity index (χ0) is 17.1. The number of carbonyl (C=O) groups excluding carboxylic acids is 1. The molecule has 2 fully saturated rings. The van der Waals surface area contributed by atoms with E-state index in [1.54, 1.807) is 18.5 Å². The van der Waals surface area contributed by atoms with Crippen molar-refractivity contribution in [1.29, 1.82) is 0 Å². The minimum Gasteiger partial charge on any atom is -0.477 e. The zero-order valence-electron chi connectivity index (χ0n) is 14.0. The first-order valence-electron chi connectivity index (χ1n) is 8.68. The van der Waals surface area contributed by atoms with Crippen LogP contribution in [0.2, 0.25) is 0 Å². The van der Waals surface area contributed by atoms with Crippen LogP contribution in [-0.4, -0.2) is 52.7 Å². The van der Waals surface area contributed by atoms with E-state index >= 15 is 0 Å². The number of morpholine rings is 1. The Labute approximate surface area is 146 Å². The number of aromatic nitrogens is 2. The molecular weight excluding hydrogens is 318 g/mol. The average molecular weight is 339 g/mol. The number of amides is 1. The maximum Gasteiger partial charge on any atom is 0.272 e. The molecule has 6 nitrogen and oxygen atoms in total. The molecule has 0 N–H and O–H groups in total. The average Bonchev–Trinajstić information content (AvgIpc) is 3.10. The third kappa shape index (κ3) is 3.49. The molecule has 0 radical (unpaired) electrons. The van der Waals surface area contributed by atoms with E-state index < -0.39 is 0 Å². The van der Waals surface area contributed by atoms with E-state index in [1.807, 2.05) is 35.2 Å². The van der Waals surface area contributed by atoms with Gasteiger partial charge in [-0.15, -0.1) is 0 Å². The summed E-state index contributed by atoms with van der Waals surface area (Å²) in [5, 5.41) is 0. The minimum absolute atomic E-state index is 0.00908. The van der Waals surface area contributed by atoms with Crippen molar-refractivity contribution in [3.8, 4) is 5.88 Å². The maximum absolute atomic E-state index is 12.8. The summed E-state index contributed by atoms with van der Waals surface area (Å²) in [7, 11) is 0. The summed E-state index contributed by atoms with van der Waals surface area (Å²) in [6, 6.07) is 11.2. The van der Waals surface area contributed by atoms with Crippen molar-refractivity contribution >= 4 is 5.91 Å². The Hall–Kier alpha value is -2.47. The van der Waals surface area contributed by atoms with E-state index in [0.29, 0.717) is 37.3 Å². The van der Waals surface area contributed by atoms with Gasteiger partial charge >= 0.3 is 0 Å². The summed E-state index contributed by atoms with van der Waals surface area (Å²) in [6.07, 6.45) is 5.25. The van der Waals surface area contributed by atoms with Crippen LogP contribution in [0.4, 0.5) is 0 Å². The van der Waals surface area contributed by atoms with Gasteiger partial charge < -0.3 is 14.4 Å². The predicted octanol–water partition coefficient (Wildman–Crippen LogP) is 2.18. The first-order valence-corrected chi connectivity index (χ1v) is 8.68. The second kappa shape index (κ2) is 7.19. The molecule has 0 aromatic carbocycles. The molecule has 3 atom stereocenters. The number of rotatable bonds is 4. The van der Waals surface area contributed by atoms with Crippen LogP contribution in [0.1, 0.15) is 23.3 Å². The molecule has 1 saturated heterocycles. The number of pyridine rings is 2. The highest BCUT2D eigenvalue weighted by Gasteiger charge is 2.43. The molecule has 6 heteroatoms. The van der Waals surface area contributed by atoms with Gasteiger partial charge in [-0.05, 0) is 37.0 Å². The molecule has 4 rings (SSSR count). The van der Waals surface area contributed by atoms with Crippen LogP contribution in [0, 0.1) is 5.92 Å². The van der Waals surface area contributed by atoms with Crippen LogP contribution < -0.4 is 4.74 Å². The fraction of sp³-hybridized carbons (Fsp3) is 0.421. The van der Waals surface area contributed by atoms with Gasteiger partial charge in [0.1, 0.15) is 5.69 Å². The fourth-order valence-electron chi connectivity index (χ4n) is 3.71. The van der Waals surface area contributed by atoms with Gasteiger partial charge in [0.15, 0.2) is 0 Å². The summed E-state index contributed by atoms with van der Waals surface area (Å²) in [5.41, 5.74) is 0.497. The molecule has 2 aliphatic rings. The second-order valence-electron chi connectivity index (χ2n) is 6.51. The van der Waals surface area contributed by atoms with Crippen molar-refractivity contribution in [2.75, 3.05) is 19.8 Å². The predicted molar refractivity (Wildman–Crippen MR) is 91.3 cm³/mol. The van der Waals surface area contributed by atoms with E-state index in [-0.39, 0.29) is 18.1 Å². The van der Waals surface area contributed by atoms with Gasteiger partial charge in [-0.1, -0.05) is 12.1 Å². The van der Waals surface area contributed by atoms with E-state index in [0.717, 1.165) is 12.8 Å². The van der Waals surface area contributed by atoms with Crippen molar-refractivity contribution in [3.05, 3.63) is 54.5 Å². The van der Waals surface area contributed by atoms with Gasteiger partial charge in [0.2, 0.25) is 5.88 Å². The Morgan fingerprint density at radius 3 is 2.76 bits per heavy atom. The zero-order valence-corrected chi connectivity index (χ0v) is 14.0. The van der Waals surface area contributed by atoms with Gasteiger partial charge in [0.05, 0.1) is 25.4 Å². The van der Waals surface area contributed by atoms with Crippen molar-refractivity contribution in [2.45, 2.75) is 25.0 Å². The summed E-state index contributed by atoms with van der Waals surface area (Å²) in [6.45, 7) is 1.79. The lowest BCUT2D eigenvalue weighted by atomic mass is 10.1. The smallest absolute Gasteiger partial charge is 0.272 e. The molecule has 3 heterocycles. The topological polar surface area (TPSA) is 64.6 Å². The molecule has 1 aliphatic carbocycles. The highest BCUT2D eigenvalue weighted by atomic mass is 16.5. The summed E-state index contributed by atoms with van der Waals surface area (Å²) in [5.74, 6) is 0.985. The van der Waals surface area contributed by atoms with Crippen LogP contribution in [0.5, 0.6) is 5.88 Å². The highest BCUT2D eigenvalue weighted by molar-refractivity contribution is 5.92. The molecule has 0 unspecified atom stereocenters. The second-order valence-corrected chi connectivity index (χ2v) is 6.51. The molecule has 0 bridgehead atoms. The number of ether oxygens (including phenoxy) is 2. The van der Waals surface area contributed by atoms with Gasteiger partial charge in [-0.2, -0.15) is 0 Å². The lowest BCUT2D eigenvalue weighted by Crippen LogP contribution is -2.51. The van der Waals surface area contributed by atoms with E-state index in [2.05, 4.69) is 9.97 Å². The Morgan fingerprint density at radius 2 is 2.00 bits per heavy atom. The van der Waals surface area contributed by atoms with Crippen LogP contribution in [0.25, 0.3) is 0 Å². The van der Waals surface area contributed by atoms with E-state index in [9.17, 15) is 4.79 Å². The highest BCUT2D eigenvalue weighted by Crippen LogP contribution is 2.35. The lowest BCUT2D eigenvalue weighted by Gasteiger charge is -2.37. The van der Waals surface area contributed by atoms with Gasteiger partial charge in [0.25, 0.3) is 5.91 Å². The monoisotopic (exact) mass is 339 g/mol.